The number of urea groups is 1. The minimum atomic E-state index is -0.250. The van der Waals surface area contributed by atoms with Gasteiger partial charge in [0.25, 0.3) is 0 Å². The lowest BCUT2D eigenvalue weighted by atomic mass is 10.1. The predicted octanol–water partition coefficient (Wildman–Crippen LogP) is 5.84. The van der Waals surface area contributed by atoms with Crippen LogP contribution in [0.4, 0.5) is 22.1 Å². The first kappa shape index (κ1) is 26.8. The number of amides is 2. The summed E-state index contributed by atoms with van der Waals surface area (Å²) in [5, 5.41) is 9.13. The fourth-order valence-corrected chi connectivity index (χ4v) is 4.45. The van der Waals surface area contributed by atoms with Crippen molar-refractivity contribution in [1.29, 1.82) is 0 Å². The number of nitrogens with zero attached hydrogens (tertiary/aromatic N) is 5. The summed E-state index contributed by atoms with van der Waals surface area (Å²) in [4.78, 5) is 28.8. The van der Waals surface area contributed by atoms with Gasteiger partial charge in [0.05, 0.1) is 17.1 Å². The molecular weight excluding hydrogens is 500 g/mol. The zero-order chi connectivity index (χ0) is 28.1. The lowest BCUT2D eigenvalue weighted by molar-refractivity contribution is 0.250. The average Bonchev–Trinajstić information content (AvgIpc) is 3.32. The van der Waals surface area contributed by atoms with Gasteiger partial charge >= 0.3 is 6.03 Å². The van der Waals surface area contributed by atoms with Gasteiger partial charge in [0, 0.05) is 41.9 Å². The highest BCUT2D eigenvalue weighted by atomic mass is 16.2. The van der Waals surface area contributed by atoms with E-state index in [0.29, 0.717) is 11.6 Å². The Labute approximate surface area is 234 Å². The molecule has 0 aliphatic rings. The topological polar surface area (TPSA) is 99.5 Å². The summed E-state index contributed by atoms with van der Waals surface area (Å²) in [7, 11) is 4.15. The molecule has 5 rings (SSSR count). The van der Waals surface area contributed by atoms with Crippen LogP contribution in [0.2, 0.25) is 0 Å². The second-order valence-electron chi connectivity index (χ2n) is 10.2. The number of pyridine rings is 1. The number of rotatable bonds is 9. The van der Waals surface area contributed by atoms with E-state index in [0.717, 1.165) is 46.9 Å². The molecule has 0 atom stereocenters. The first-order valence-corrected chi connectivity index (χ1v) is 13.3. The quantitative estimate of drug-likeness (QED) is 0.220. The standard InChI is InChI=1S/C31H34N8O/c1-21(2)33-31(40)35-25-12-8-10-23(20-25)28-29(39-17-6-5-13-27(39)37-28)26-14-16-32-30(36-26)34-24-11-7-9-22(19-24)15-18-38(3)4/h5-14,16-17,19-21H,15,18H2,1-4H3,(H,32,34,36)(H2,33,35,40). The zero-order valence-electron chi connectivity index (χ0n) is 23.2. The number of aromatic nitrogens is 4. The fraction of sp³-hybridized carbons (Fsp3) is 0.226. The third kappa shape index (κ3) is 6.44. The summed E-state index contributed by atoms with van der Waals surface area (Å²) in [5.41, 5.74) is 6.84. The van der Waals surface area contributed by atoms with E-state index in [9.17, 15) is 4.79 Å². The third-order valence-electron chi connectivity index (χ3n) is 6.27. The molecule has 3 aromatic heterocycles. The van der Waals surface area contributed by atoms with Crippen molar-refractivity contribution < 1.29 is 4.79 Å². The maximum Gasteiger partial charge on any atom is 0.319 e. The fourth-order valence-electron chi connectivity index (χ4n) is 4.45. The minimum Gasteiger partial charge on any atom is -0.336 e. The van der Waals surface area contributed by atoms with Crippen LogP contribution in [0.5, 0.6) is 0 Å². The van der Waals surface area contributed by atoms with E-state index in [2.05, 4.69) is 52.1 Å². The smallest absolute Gasteiger partial charge is 0.319 e. The normalized spacial score (nSPS) is 11.2. The predicted molar refractivity (Wildman–Crippen MR) is 161 cm³/mol. The van der Waals surface area contributed by atoms with Crippen LogP contribution in [0.3, 0.4) is 0 Å². The Morgan fingerprint density at radius 3 is 2.60 bits per heavy atom. The molecule has 204 valence electrons. The number of anilines is 3. The summed E-state index contributed by atoms with van der Waals surface area (Å²) in [5.74, 6) is 0.500. The summed E-state index contributed by atoms with van der Waals surface area (Å²) < 4.78 is 2.02. The molecule has 3 heterocycles. The van der Waals surface area contributed by atoms with Gasteiger partial charge in [-0.25, -0.2) is 19.7 Å². The molecule has 5 aromatic rings. The van der Waals surface area contributed by atoms with Gasteiger partial charge in [-0.05, 0) is 82.4 Å². The monoisotopic (exact) mass is 534 g/mol. The highest BCUT2D eigenvalue weighted by Crippen LogP contribution is 2.33. The Morgan fingerprint density at radius 1 is 0.950 bits per heavy atom. The van der Waals surface area contributed by atoms with Crippen molar-refractivity contribution in [3.63, 3.8) is 0 Å². The van der Waals surface area contributed by atoms with Crippen LogP contribution in [0, 0.1) is 0 Å². The zero-order valence-corrected chi connectivity index (χ0v) is 23.2. The van der Waals surface area contributed by atoms with Crippen LogP contribution in [-0.2, 0) is 6.42 Å². The maximum absolute atomic E-state index is 12.3. The number of benzene rings is 2. The van der Waals surface area contributed by atoms with Crippen LogP contribution in [0.1, 0.15) is 19.4 Å². The van der Waals surface area contributed by atoms with E-state index in [1.54, 1.807) is 6.20 Å². The van der Waals surface area contributed by atoms with E-state index in [-0.39, 0.29) is 12.1 Å². The molecule has 9 heteroatoms. The molecule has 9 nitrogen and oxygen atoms in total. The van der Waals surface area contributed by atoms with Crippen molar-refractivity contribution in [2.45, 2.75) is 26.3 Å². The molecule has 2 amide bonds. The van der Waals surface area contributed by atoms with Crippen molar-refractivity contribution in [2.24, 2.45) is 0 Å². The molecule has 40 heavy (non-hydrogen) atoms. The minimum absolute atomic E-state index is 0.0364. The van der Waals surface area contributed by atoms with Crippen LogP contribution >= 0.6 is 0 Å². The number of hydrogen-bond donors (Lipinski definition) is 3. The van der Waals surface area contributed by atoms with Crippen molar-refractivity contribution in [2.75, 3.05) is 31.3 Å². The lowest BCUT2D eigenvalue weighted by Gasteiger charge is -2.12. The molecule has 0 radical (unpaired) electrons. The number of fused-ring (bicyclic) bond motifs is 1. The molecular formula is C31H34N8O. The van der Waals surface area contributed by atoms with Gasteiger partial charge in [-0.2, -0.15) is 0 Å². The van der Waals surface area contributed by atoms with Gasteiger partial charge in [-0.15, -0.1) is 0 Å². The molecule has 0 aliphatic carbocycles. The lowest BCUT2D eigenvalue weighted by Crippen LogP contribution is -2.34. The van der Waals surface area contributed by atoms with Crippen LogP contribution in [0.25, 0.3) is 28.3 Å². The number of imidazole rings is 1. The first-order chi connectivity index (χ1) is 19.4. The number of hydrogen-bond acceptors (Lipinski definition) is 6. The van der Waals surface area contributed by atoms with Crippen LogP contribution in [0.15, 0.2) is 85.2 Å². The van der Waals surface area contributed by atoms with Crippen molar-refractivity contribution in [1.82, 2.24) is 29.6 Å². The highest BCUT2D eigenvalue weighted by Gasteiger charge is 2.18. The molecule has 0 saturated carbocycles. The maximum atomic E-state index is 12.3. The van der Waals surface area contributed by atoms with Gasteiger partial charge in [-0.1, -0.05) is 30.3 Å². The molecule has 2 aromatic carbocycles. The van der Waals surface area contributed by atoms with E-state index in [1.807, 2.05) is 85.1 Å². The number of nitrogens with one attached hydrogen (secondary N) is 3. The average molecular weight is 535 g/mol. The Hall–Kier alpha value is -4.76. The van der Waals surface area contributed by atoms with E-state index in [4.69, 9.17) is 9.97 Å². The van der Waals surface area contributed by atoms with Gasteiger partial charge in [0.2, 0.25) is 5.95 Å². The van der Waals surface area contributed by atoms with E-state index >= 15 is 0 Å². The van der Waals surface area contributed by atoms with Crippen LogP contribution in [-0.4, -0.2) is 57.0 Å². The van der Waals surface area contributed by atoms with Crippen molar-refractivity contribution in [3.8, 4) is 22.6 Å². The summed E-state index contributed by atoms with van der Waals surface area (Å²) in [6.45, 7) is 4.82. The third-order valence-corrected chi connectivity index (χ3v) is 6.27. The molecule has 0 bridgehead atoms. The largest absolute Gasteiger partial charge is 0.336 e. The highest BCUT2D eigenvalue weighted by molar-refractivity contribution is 5.91. The van der Waals surface area contributed by atoms with Gasteiger partial charge in [0.1, 0.15) is 5.65 Å². The van der Waals surface area contributed by atoms with Crippen molar-refractivity contribution >= 4 is 29.0 Å². The Bertz CT molecular complexity index is 1630. The number of carbonyl (C=O) groups is 1. The van der Waals surface area contributed by atoms with E-state index in [1.165, 1.54) is 5.56 Å². The summed E-state index contributed by atoms with van der Waals surface area (Å²) in [6.07, 6.45) is 4.69. The second kappa shape index (κ2) is 12.0. The Kier molecular flexibility index (Phi) is 8.02. The van der Waals surface area contributed by atoms with Gasteiger partial charge in [0.15, 0.2) is 0 Å². The molecule has 0 saturated heterocycles. The van der Waals surface area contributed by atoms with Gasteiger partial charge < -0.3 is 20.9 Å². The number of carbonyl (C=O) groups excluding carboxylic acids is 1. The molecule has 0 spiro atoms. The summed E-state index contributed by atoms with van der Waals surface area (Å²) >= 11 is 0. The Morgan fingerprint density at radius 2 is 1.77 bits per heavy atom. The van der Waals surface area contributed by atoms with Crippen LogP contribution < -0.4 is 16.0 Å². The van der Waals surface area contributed by atoms with Crippen molar-refractivity contribution in [3.05, 3.63) is 90.8 Å². The first-order valence-electron chi connectivity index (χ1n) is 13.3. The molecule has 0 aliphatic heterocycles. The number of likely N-dealkylation sites (N-methyl/N-ethyl adjacent to an activating group) is 1. The van der Waals surface area contributed by atoms with Gasteiger partial charge in [-0.3, -0.25) is 4.40 Å². The van der Waals surface area contributed by atoms with E-state index < -0.39 is 0 Å². The summed E-state index contributed by atoms with van der Waals surface area (Å²) in [6, 6.07) is 23.6. The molecule has 0 fully saturated rings. The SMILES string of the molecule is CC(C)NC(=O)Nc1cccc(-c2nc3ccccn3c2-c2ccnc(Nc3cccc(CCN(C)C)c3)n2)c1. The molecule has 3 N–H and O–H groups in total. The Balaban J connectivity index is 1.49. The second-order valence-corrected chi connectivity index (χ2v) is 10.2. The molecule has 0 unspecified atom stereocenters.